The monoisotopic (exact) mass is 480 g/mol. The first-order valence-corrected chi connectivity index (χ1v) is 12.2. The number of carbonyl (C=O) groups is 1. The van der Waals surface area contributed by atoms with Crippen LogP contribution in [0.4, 0.5) is 4.39 Å². The van der Waals surface area contributed by atoms with Crippen LogP contribution in [0.25, 0.3) is 22.4 Å². The van der Waals surface area contributed by atoms with Crippen molar-refractivity contribution < 1.29 is 23.8 Å². The predicted octanol–water partition coefficient (Wildman–Crippen LogP) is 5.45. The van der Waals surface area contributed by atoms with Crippen molar-refractivity contribution in [1.82, 2.24) is 9.78 Å². The van der Waals surface area contributed by atoms with Crippen molar-refractivity contribution in [2.24, 2.45) is 11.8 Å². The Balaban J connectivity index is 1.60. The third-order valence-corrected chi connectivity index (χ3v) is 6.74. The highest BCUT2D eigenvalue weighted by molar-refractivity contribution is 5.82. The smallest absolute Gasteiger partial charge is 0.329 e. The number of carboxylic acid groups (broad SMARTS) is 1. The molecule has 1 N–H and O–H groups in total. The molecule has 0 atom stereocenters. The van der Waals surface area contributed by atoms with E-state index in [-0.39, 0.29) is 12.4 Å². The number of benzene rings is 2. The summed E-state index contributed by atoms with van der Waals surface area (Å²) in [6.07, 6.45) is 4.80. The van der Waals surface area contributed by atoms with Crippen LogP contribution < -0.4 is 0 Å². The molecule has 1 heterocycles. The highest BCUT2D eigenvalue weighted by Crippen LogP contribution is 2.37. The van der Waals surface area contributed by atoms with Gasteiger partial charge in [-0.3, -0.25) is 4.68 Å². The van der Waals surface area contributed by atoms with Gasteiger partial charge in [0.05, 0.1) is 13.2 Å². The van der Waals surface area contributed by atoms with Gasteiger partial charge in [-0.2, -0.15) is 5.10 Å². The van der Waals surface area contributed by atoms with Crippen molar-refractivity contribution in [2.45, 2.75) is 38.6 Å². The SMILES string of the molecule is COCCc1c(-c2cccc(F)c2)c(-c2ccccc2)nn1C[C@H]1CC[C@@H](COCC(=O)O)CC1. The molecule has 35 heavy (non-hydrogen) atoms. The van der Waals surface area contributed by atoms with E-state index in [1.165, 1.54) is 6.07 Å². The molecule has 1 fully saturated rings. The minimum atomic E-state index is -0.927. The molecule has 0 bridgehead atoms. The molecule has 0 amide bonds. The summed E-state index contributed by atoms with van der Waals surface area (Å²) in [4.78, 5) is 10.7. The van der Waals surface area contributed by atoms with Crippen LogP contribution in [0.2, 0.25) is 0 Å². The molecular weight excluding hydrogens is 447 g/mol. The standard InChI is InChI=1S/C28H33FN2O4/c1-34-15-14-25-27(23-8-5-9-24(29)16-23)28(22-6-3-2-4-7-22)30-31(25)17-20-10-12-21(13-11-20)18-35-19-26(32)33/h2-9,16,20-21H,10-15,17-19H2,1H3,(H,32,33)/t20-,21+. The van der Waals surface area contributed by atoms with E-state index in [2.05, 4.69) is 4.68 Å². The lowest BCUT2D eigenvalue weighted by molar-refractivity contribution is -0.142. The van der Waals surface area contributed by atoms with Crippen LogP contribution >= 0.6 is 0 Å². The molecule has 0 unspecified atom stereocenters. The van der Waals surface area contributed by atoms with E-state index < -0.39 is 5.97 Å². The first-order chi connectivity index (χ1) is 17.0. The molecule has 0 aliphatic heterocycles. The van der Waals surface area contributed by atoms with Gasteiger partial charge < -0.3 is 14.6 Å². The van der Waals surface area contributed by atoms with Gasteiger partial charge in [-0.15, -0.1) is 0 Å². The minimum Gasteiger partial charge on any atom is -0.480 e. The molecule has 1 saturated carbocycles. The zero-order valence-electron chi connectivity index (χ0n) is 20.2. The van der Waals surface area contributed by atoms with Gasteiger partial charge in [0.1, 0.15) is 18.1 Å². The van der Waals surface area contributed by atoms with Crippen molar-refractivity contribution in [3.63, 3.8) is 0 Å². The van der Waals surface area contributed by atoms with Gasteiger partial charge >= 0.3 is 5.97 Å². The zero-order valence-corrected chi connectivity index (χ0v) is 20.2. The summed E-state index contributed by atoms with van der Waals surface area (Å²) in [6, 6.07) is 16.8. The molecule has 7 heteroatoms. The van der Waals surface area contributed by atoms with Crippen molar-refractivity contribution in [2.75, 3.05) is 26.9 Å². The maximum absolute atomic E-state index is 14.2. The van der Waals surface area contributed by atoms with Gasteiger partial charge in [0.2, 0.25) is 0 Å². The van der Waals surface area contributed by atoms with E-state index in [1.807, 2.05) is 36.4 Å². The van der Waals surface area contributed by atoms with Gasteiger partial charge in [0.25, 0.3) is 0 Å². The first kappa shape index (κ1) is 25.1. The summed E-state index contributed by atoms with van der Waals surface area (Å²) < 4.78 is 27.1. The zero-order chi connectivity index (χ0) is 24.6. The Morgan fingerprint density at radius 2 is 1.77 bits per heavy atom. The Morgan fingerprint density at radius 1 is 1.06 bits per heavy atom. The Labute approximate surface area is 205 Å². The highest BCUT2D eigenvalue weighted by Gasteiger charge is 2.26. The number of carboxylic acids is 1. The molecular formula is C28H33FN2O4. The molecule has 1 aliphatic rings. The summed E-state index contributed by atoms with van der Waals surface area (Å²) in [7, 11) is 1.69. The second-order valence-electron chi connectivity index (χ2n) is 9.27. The number of halogens is 1. The van der Waals surface area contributed by atoms with Crippen LogP contribution in [0.15, 0.2) is 54.6 Å². The van der Waals surface area contributed by atoms with Crippen LogP contribution in [-0.2, 0) is 27.2 Å². The lowest BCUT2D eigenvalue weighted by Crippen LogP contribution is -2.24. The maximum atomic E-state index is 14.2. The lowest BCUT2D eigenvalue weighted by atomic mass is 9.82. The fraction of sp³-hybridized carbons (Fsp3) is 0.429. The van der Waals surface area contributed by atoms with E-state index >= 15 is 0 Å². The second-order valence-corrected chi connectivity index (χ2v) is 9.27. The van der Waals surface area contributed by atoms with Gasteiger partial charge in [-0.1, -0.05) is 42.5 Å². The van der Waals surface area contributed by atoms with Crippen molar-refractivity contribution in [1.29, 1.82) is 0 Å². The molecule has 0 radical (unpaired) electrons. The largest absolute Gasteiger partial charge is 0.480 e. The number of hydrogen-bond acceptors (Lipinski definition) is 4. The molecule has 1 aliphatic carbocycles. The number of aliphatic carboxylic acids is 1. The number of hydrogen-bond donors (Lipinski definition) is 1. The van der Waals surface area contributed by atoms with Crippen LogP contribution in [-0.4, -0.2) is 47.8 Å². The Kier molecular flexibility index (Phi) is 8.66. The third-order valence-electron chi connectivity index (χ3n) is 6.74. The van der Waals surface area contributed by atoms with Crippen molar-refractivity contribution in [3.05, 3.63) is 66.1 Å². The van der Waals surface area contributed by atoms with Crippen LogP contribution in [0.1, 0.15) is 31.4 Å². The third kappa shape index (κ3) is 6.55. The van der Waals surface area contributed by atoms with Gasteiger partial charge in [0, 0.05) is 36.9 Å². The highest BCUT2D eigenvalue weighted by atomic mass is 19.1. The number of methoxy groups -OCH3 is 1. The van der Waals surface area contributed by atoms with E-state index in [9.17, 15) is 9.18 Å². The van der Waals surface area contributed by atoms with E-state index in [0.717, 1.165) is 60.3 Å². The summed E-state index contributed by atoms with van der Waals surface area (Å²) in [5, 5.41) is 13.8. The Bertz CT molecular complexity index is 1110. The number of ether oxygens (including phenoxy) is 2. The predicted molar refractivity (Wildman–Crippen MR) is 133 cm³/mol. The quantitative estimate of drug-likeness (QED) is 0.395. The van der Waals surface area contributed by atoms with Gasteiger partial charge in [-0.25, -0.2) is 9.18 Å². The summed E-state index contributed by atoms with van der Waals surface area (Å²) in [5.74, 6) is -0.325. The molecule has 2 aromatic carbocycles. The second kappa shape index (κ2) is 12.1. The van der Waals surface area contributed by atoms with E-state index in [0.29, 0.717) is 31.5 Å². The molecule has 186 valence electrons. The van der Waals surface area contributed by atoms with E-state index in [4.69, 9.17) is 19.7 Å². The Morgan fingerprint density at radius 3 is 2.46 bits per heavy atom. The molecule has 1 aromatic heterocycles. The summed E-state index contributed by atoms with van der Waals surface area (Å²) in [5.41, 5.74) is 4.70. The van der Waals surface area contributed by atoms with Crippen molar-refractivity contribution >= 4 is 5.97 Å². The van der Waals surface area contributed by atoms with Gasteiger partial charge in [-0.05, 0) is 55.2 Å². The summed E-state index contributed by atoms with van der Waals surface area (Å²) >= 11 is 0. The molecule has 3 aromatic rings. The first-order valence-electron chi connectivity index (χ1n) is 12.2. The van der Waals surface area contributed by atoms with Crippen molar-refractivity contribution in [3.8, 4) is 22.4 Å². The number of rotatable bonds is 11. The fourth-order valence-corrected chi connectivity index (χ4v) is 4.98. The normalized spacial score (nSPS) is 18.0. The maximum Gasteiger partial charge on any atom is 0.329 e. The minimum absolute atomic E-state index is 0.235. The Hall–Kier alpha value is -3.03. The molecule has 0 spiro atoms. The van der Waals surface area contributed by atoms with E-state index in [1.54, 1.807) is 19.2 Å². The molecule has 0 saturated heterocycles. The number of nitrogens with zero attached hydrogens (tertiary/aromatic N) is 2. The summed E-state index contributed by atoms with van der Waals surface area (Å²) in [6.45, 7) is 1.61. The number of aromatic nitrogens is 2. The van der Waals surface area contributed by atoms with Crippen LogP contribution in [0.5, 0.6) is 0 Å². The van der Waals surface area contributed by atoms with Crippen LogP contribution in [0.3, 0.4) is 0 Å². The lowest BCUT2D eigenvalue weighted by Gasteiger charge is -2.28. The average Bonchev–Trinajstić information content (AvgIpc) is 3.22. The topological polar surface area (TPSA) is 73.6 Å². The van der Waals surface area contributed by atoms with Crippen LogP contribution in [0, 0.1) is 17.7 Å². The average molecular weight is 481 g/mol. The van der Waals surface area contributed by atoms with Gasteiger partial charge in [0.15, 0.2) is 0 Å². The molecule has 6 nitrogen and oxygen atoms in total. The molecule has 4 rings (SSSR count). The fourth-order valence-electron chi connectivity index (χ4n) is 4.98.